The van der Waals surface area contributed by atoms with Gasteiger partial charge in [0.2, 0.25) is 11.8 Å². The maximum absolute atomic E-state index is 11.6. The first-order valence-corrected chi connectivity index (χ1v) is 6.07. The molecule has 0 spiro atoms. The van der Waals surface area contributed by atoms with Gasteiger partial charge in [0.1, 0.15) is 6.26 Å². The molecule has 1 aromatic carbocycles. The highest BCUT2D eigenvalue weighted by atomic mass is 35.5. The molecule has 1 aromatic heterocycles. The van der Waals surface area contributed by atoms with E-state index in [-0.39, 0.29) is 18.3 Å². The van der Waals surface area contributed by atoms with Crippen LogP contribution in [0.4, 0.5) is 5.69 Å². The molecule has 6 heteroatoms. The van der Waals surface area contributed by atoms with Gasteiger partial charge in [-0.15, -0.1) is 12.4 Å². The van der Waals surface area contributed by atoms with Crippen LogP contribution in [0.25, 0.3) is 11.5 Å². The van der Waals surface area contributed by atoms with Gasteiger partial charge in [0.05, 0.1) is 11.7 Å². The minimum absolute atomic E-state index is 0. The van der Waals surface area contributed by atoms with Crippen LogP contribution >= 0.6 is 12.4 Å². The fourth-order valence-corrected chi connectivity index (χ4v) is 1.62. The molecular weight excluding hydrogens is 278 g/mol. The van der Waals surface area contributed by atoms with Crippen molar-refractivity contribution in [1.29, 1.82) is 0 Å². The van der Waals surface area contributed by atoms with Gasteiger partial charge in [0, 0.05) is 11.3 Å². The number of carbonyl (C=O) groups excluding carboxylic acids is 1. The number of aryl methyl sites for hydroxylation is 2. The van der Waals surface area contributed by atoms with Gasteiger partial charge in [-0.1, -0.05) is 6.07 Å². The lowest BCUT2D eigenvalue weighted by atomic mass is 10.1. The zero-order chi connectivity index (χ0) is 14.0. The van der Waals surface area contributed by atoms with Gasteiger partial charge >= 0.3 is 0 Å². The quantitative estimate of drug-likeness (QED) is 0.912. The largest absolute Gasteiger partial charge is 0.444 e. The Labute approximate surface area is 124 Å². The van der Waals surface area contributed by atoms with E-state index in [0.29, 0.717) is 5.89 Å². The third kappa shape index (κ3) is 3.59. The van der Waals surface area contributed by atoms with Crippen LogP contribution in [-0.4, -0.2) is 16.9 Å². The zero-order valence-corrected chi connectivity index (χ0v) is 12.5. The molecule has 0 saturated carbocycles. The van der Waals surface area contributed by atoms with Gasteiger partial charge in [-0.05, 0) is 38.5 Å². The van der Waals surface area contributed by atoms with Crippen LogP contribution in [0.15, 0.2) is 28.9 Å². The number of nitrogens with two attached hydrogens (primary N) is 1. The van der Waals surface area contributed by atoms with Crippen molar-refractivity contribution in [3.63, 3.8) is 0 Å². The summed E-state index contributed by atoms with van der Waals surface area (Å²) < 4.78 is 5.35. The van der Waals surface area contributed by atoms with Crippen molar-refractivity contribution < 1.29 is 9.21 Å². The van der Waals surface area contributed by atoms with E-state index in [1.807, 2.05) is 32.0 Å². The molecule has 0 radical (unpaired) electrons. The van der Waals surface area contributed by atoms with Crippen LogP contribution in [0.5, 0.6) is 0 Å². The number of nitrogens with one attached hydrogen (secondary N) is 1. The SMILES string of the molecule is Cc1coc(-c2ccc(C)c(NC(=O)[C@H](C)N)c2)n1.Cl. The van der Waals surface area contributed by atoms with Crippen LogP contribution in [0.3, 0.4) is 0 Å². The Hall–Kier alpha value is -1.85. The summed E-state index contributed by atoms with van der Waals surface area (Å²) in [6.45, 7) is 5.42. The number of nitrogens with zero attached hydrogens (tertiary/aromatic N) is 1. The fourth-order valence-electron chi connectivity index (χ4n) is 1.62. The monoisotopic (exact) mass is 295 g/mol. The highest BCUT2D eigenvalue weighted by molar-refractivity contribution is 5.95. The van der Waals surface area contributed by atoms with Crippen molar-refractivity contribution in [3.8, 4) is 11.5 Å². The van der Waals surface area contributed by atoms with E-state index in [1.54, 1.807) is 13.2 Å². The second-order valence-corrected chi connectivity index (χ2v) is 4.60. The number of oxazole rings is 1. The molecule has 3 N–H and O–H groups in total. The predicted octanol–water partition coefficient (Wildman–Crippen LogP) is 2.67. The molecular formula is C14H18ClN3O2. The van der Waals surface area contributed by atoms with Crippen LogP contribution < -0.4 is 11.1 Å². The number of amides is 1. The average Bonchev–Trinajstić information content (AvgIpc) is 2.78. The number of hydrogen-bond acceptors (Lipinski definition) is 4. The number of benzene rings is 1. The van der Waals surface area contributed by atoms with Gasteiger partial charge in [-0.3, -0.25) is 4.79 Å². The van der Waals surface area contributed by atoms with E-state index in [1.165, 1.54) is 0 Å². The molecule has 20 heavy (non-hydrogen) atoms. The lowest BCUT2D eigenvalue weighted by Crippen LogP contribution is -2.32. The van der Waals surface area contributed by atoms with Crippen LogP contribution in [0, 0.1) is 13.8 Å². The highest BCUT2D eigenvalue weighted by Crippen LogP contribution is 2.25. The highest BCUT2D eigenvalue weighted by Gasteiger charge is 2.11. The number of halogens is 1. The standard InChI is InChI=1S/C14H17N3O2.ClH/c1-8-4-5-11(14-16-9(2)7-19-14)6-12(8)17-13(18)10(3)15;/h4-7,10H,15H2,1-3H3,(H,17,18);1H/t10-;/m0./s1. The Morgan fingerprint density at radius 1 is 1.40 bits per heavy atom. The summed E-state index contributed by atoms with van der Waals surface area (Å²) in [5.74, 6) is 0.317. The van der Waals surface area contributed by atoms with Crippen LogP contribution in [0.1, 0.15) is 18.2 Å². The molecule has 1 heterocycles. The molecule has 0 saturated heterocycles. The van der Waals surface area contributed by atoms with Gasteiger partial charge in [-0.25, -0.2) is 4.98 Å². The van der Waals surface area contributed by atoms with E-state index >= 15 is 0 Å². The third-order valence-corrected chi connectivity index (χ3v) is 2.77. The van der Waals surface area contributed by atoms with Crippen molar-refractivity contribution in [1.82, 2.24) is 4.98 Å². The second-order valence-electron chi connectivity index (χ2n) is 4.60. The minimum Gasteiger partial charge on any atom is -0.444 e. The van der Waals surface area contributed by atoms with Crippen LogP contribution in [-0.2, 0) is 4.79 Å². The first-order chi connectivity index (χ1) is 8.97. The van der Waals surface area contributed by atoms with Gasteiger partial charge in [0.25, 0.3) is 0 Å². The van der Waals surface area contributed by atoms with Crippen molar-refractivity contribution in [2.24, 2.45) is 5.73 Å². The molecule has 0 aliphatic carbocycles. The summed E-state index contributed by atoms with van der Waals surface area (Å²) >= 11 is 0. The molecule has 0 aliphatic rings. The van der Waals surface area contributed by atoms with Crippen molar-refractivity contribution >= 4 is 24.0 Å². The normalized spacial score (nSPS) is 11.6. The molecule has 5 nitrogen and oxygen atoms in total. The van der Waals surface area contributed by atoms with Gasteiger partial charge < -0.3 is 15.5 Å². The Kier molecular flexibility index (Phi) is 5.30. The Bertz CT molecular complexity index is 608. The summed E-state index contributed by atoms with van der Waals surface area (Å²) in [7, 11) is 0. The molecule has 108 valence electrons. The Morgan fingerprint density at radius 3 is 2.65 bits per heavy atom. The zero-order valence-electron chi connectivity index (χ0n) is 11.6. The minimum atomic E-state index is -0.549. The van der Waals surface area contributed by atoms with Gasteiger partial charge in [0.15, 0.2) is 0 Å². The lowest BCUT2D eigenvalue weighted by molar-refractivity contribution is -0.117. The summed E-state index contributed by atoms with van der Waals surface area (Å²) in [5.41, 5.74) is 8.86. The number of rotatable bonds is 3. The summed E-state index contributed by atoms with van der Waals surface area (Å²) in [5, 5.41) is 2.79. The fraction of sp³-hybridized carbons (Fsp3) is 0.286. The van der Waals surface area contributed by atoms with E-state index in [2.05, 4.69) is 10.3 Å². The molecule has 0 fully saturated rings. The predicted molar refractivity (Wildman–Crippen MR) is 80.9 cm³/mol. The molecule has 1 atom stereocenters. The molecule has 0 unspecified atom stereocenters. The van der Waals surface area contributed by atoms with E-state index in [4.69, 9.17) is 10.2 Å². The topological polar surface area (TPSA) is 81.2 Å². The Morgan fingerprint density at radius 2 is 2.10 bits per heavy atom. The first-order valence-electron chi connectivity index (χ1n) is 6.07. The van der Waals surface area contributed by atoms with E-state index in [9.17, 15) is 4.79 Å². The molecule has 0 bridgehead atoms. The van der Waals surface area contributed by atoms with Crippen molar-refractivity contribution in [2.45, 2.75) is 26.8 Å². The molecule has 1 amide bonds. The smallest absolute Gasteiger partial charge is 0.241 e. The van der Waals surface area contributed by atoms with Crippen LogP contribution in [0.2, 0.25) is 0 Å². The maximum Gasteiger partial charge on any atom is 0.241 e. The first kappa shape index (κ1) is 16.2. The Balaban J connectivity index is 0.00000200. The van der Waals surface area contributed by atoms with Crippen molar-refractivity contribution in [3.05, 3.63) is 35.7 Å². The average molecular weight is 296 g/mol. The number of hydrogen-bond donors (Lipinski definition) is 2. The summed E-state index contributed by atoms with van der Waals surface area (Å²) in [6, 6.07) is 5.10. The summed E-state index contributed by atoms with van der Waals surface area (Å²) in [6.07, 6.45) is 1.59. The van der Waals surface area contributed by atoms with Gasteiger partial charge in [-0.2, -0.15) is 0 Å². The molecule has 0 aliphatic heterocycles. The number of anilines is 1. The van der Waals surface area contributed by atoms with E-state index in [0.717, 1.165) is 22.5 Å². The molecule has 2 rings (SSSR count). The third-order valence-electron chi connectivity index (χ3n) is 2.77. The second kappa shape index (κ2) is 6.54. The summed E-state index contributed by atoms with van der Waals surface area (Å²) in [4.78, 5) is 15.9. The van der Waals surface area contributed by atoms with E-state index < -0.39 is 6.04 Å². The lowest BCUT2D eigenvalue weighted by Gasteiger charge is -2.11. The maximum atomic E-state index is 11.6. The van der Waals surface area contributed by atoms with Crippen molar-refractivity contribution in [2.75, 3.05) is 5.32 Å². The molecule has 2 aromatic rings. The number of carbonyl (C=O) groups is 1. The number of aromatic nitrogens is 1.